The molecule has 14 heavy (non-hydrogen) atoms. The van der Waals surface area contributed by atoms with Gasteiger partial charge >= 0.3 is 5.97 Å². The predicted molar refractivity (Wildman–Crippen MR) is 57.6 cm³/mol. The van der Waals surface area contributed by atoms with Crippen molar-refractivity contribution < 1.29 is 14.7 Å². The molecule has 0 aliphatic heterocycles. The van der Waals surface area contributed by atoms with Gasteiger partial charge in [0.1, 0.15) is 6.29 Å². The third-order valence-electron chi connectivity index (χ3n) is 1.11. The molecule has 0 heterocycles. The van der Waals surface area contributed by atoms with Crippen molar-refractivity contribution in [3.8, 4) is 0 Å². The molecule has 0 atom stereocenters. The van der Waals surface area contributed by atoms with Gasteiger partial charge in [-0.1, -0.05) is 18.7 Å². The number of aliphatic carboxylic acids is 1. The van der Waals surface area contributed by atoms with Gasteiger partial charge in [0.2, 0.25) is 0 Å². The van der Waals surface area contributed by atoms with Crippen LogP contribution in [0.5, 0.6) is 0 Å². The minimum Gasteiger partial charge on any atom is -0.478 e. The molecule has 0 saturated carbocycles. The van der Waals surface area contributed by atoms with E-state index in [9.17, 15) is 4.79 Å². The molecule has 0 spiro atoms. The Morgan fingerprint density at radius 1 is 1.50 bits per heavy atom. The van der Waals surface area contributed by atoms with Crippen molar-refractivity contribution in [2.45, 2.75) is 19.8 Å². The van der Waals surface area contributed by atoms with Gasteiger partial charge in [0.15, 0.2) is 0 Å². The molecule has 0 rings (SSSR count). The molecule has 4 heteroatoms. The van der Waals surface area contributed by atoms with Crippen molar-refractivity contribution in [3.63, 3.8) is 0 Å². The fraction of sp³-hybridized carbons (Fsp3) is 0.400. The van der Waals surface area contributed by atoms with E-state index in [1.54, 1.807) is 6.08 Å². The van der Waals surface area contributed by atoms with E-state index in [1.165, 1.54) is 6.92 Å². The van der Waals surface area contributed by atoms with Gasteiger partial charge in [0.25, 0.3) is 0 Å². The number of halogens is 1. The van der Waals surface area contributed by atoms with Crippen LogP contribution in [0.15, 0.2) is 24.3 Å². The van der Waals surface area contributed by atoms with Gasteiger partial charge in [-0.2, -0.15) is 0 Å². The average Bonchev–Trinajstić information content (AvgIpc) is 2.13. The lowest BCUT2D eigenvalue weighted by Gasteiger charge is -1.91. The lowest BCUT2D eigenvalue weighted by atomic mass is 10.2. The van der Waals surface area contributed by atoms with E-state index in [4.69, 9.17) is 21.5 Å². The van der Waals surface area contributed by atoms with Crippen LogP contribution >= 0.6 is 11.6 Å². The maximum Gasteiger partial charge on any atom is 0.331 e. The smallest absolute Gasteiger partial charge is 0.331 e. The second-order valence-electron chi connectivity index (χ2n) is 2.30. The Hall–Kier alpha value is -1.09. The zero-order chi connectivity index (χ0) is 11.4. The molecule has 1 N–H and O–H groups in total. The number of alkyl halides is 1. The minimum atomic E-state index is -0.944. The zero-order valence-electron chi connectivity index (χ0n) is 8.20. The summed E-state index contributed by atoms with van der Waals surface area (Å²) in [5.74, 6) is -0.378. The van der Waals surface area contributed by atoms with E-state index < -0.39 is 5.97 Å². The first-order valence-electron chi connectivity index (χ1n) is 4.11. The molecule has 0 aliphatic rings. The van der Waals surface area contributed by atoms with E-state index >= 15 is 0 Å². The minimum absolute atomic E-state index is 0.204. The van der Waals surface area contributed by atoms with Crippen LogP contribution in [0.3, 0.4) is 0 Å². The molecular formula is C10H15ClO3. The van der Waals surface area contributed by atoms with Gasteiger partial charge in [-0.05, 0) is 19.8 Å². The average molecular weight is 219 g/mol. The van der Waals surface area contributed by atoms with Crippen molar-refractivity contribution in [1.29, 1.82) is 0 Å². The largest absolute Gasteiger partial charge is 0.478 e. The van der Waals surface area contributed by atoms with Crippen LogP contribution in [0, 0.1) is 0 Å². The van der Waals surface area contributed by atoms with Crippen LogP contribution in [0.25, 0.3) is 0 Å². The number of carbonyl (C=O) groups is 2. The summed E-state index contributed by atoms with van der Waals surface area (Å²) in [6.07, 6.45) is 5.53. The monoisotopic (exact) mass is 218 g/mol. The Labute approximate surface area is 89.1 Å². The normalized spacial score (nSPS) is 9.00. The Bertz CT molecular complexity index is 209. The van der Waals surface area contributed by atoms with Crippen LogP contribution in [0.1, 0.15) is 19.8 Å². The van der Waals surface area contributed by atoms with E-state index in [-0.39, 0.29) is 5.57 Å². The highest BCUT2D eigenvalue weighted by Crippen LogP contribution is 1.99. The molecule has 0 saturated heterocycles. The Balaban J connectivity index is 0. The van der Waals surface area contributed by atoms with Gasteiger partial charge < -0.3 is 9.90 Å². The van der Waals surface area contributed by atoms with Crippen molar-refractivity contribution >= 4 is 23.9 Å². The topological polar surface area (TPSA) is 54.4 Å². The molecule has 0 radical (unpaired) electrons. The summed E-state index contributed by atoms with van der Waals surface area (Å²) in [5.41, 5.74) is 0.204. The van der Waals surface area contributed by atoms with Crippen LogP contribution in [-0.2, 0) is 9.59 Å². The number of hydrogen-bond donors (Lipinski definition) is 1. The number of carboxylic acid groups (broad SMARTS) is 1. The Morgan fingerprint density at radius 3 is 2.36 bits per heavy atom. The first kappa shape index (κ1) is 15.4. The number of aldehydes is 1. The lowest BCUT2D eigenvalue weighted by molar-refractivity contribution is -0.132. The van der Waals surface area contributed by atoms with Crippen molar-refractivity contribution in [1.82, 2.24) is 0 Å². The maximum absolute atomic E-state index is 10.2. The molecule has 0 amide bonds. The second kappa shape index (κ2) is 11.9. The van der Waals surface area contributed by atoms with Gasteiger partial charge in [-0.3, -0.25) is 0 Å². The lowest BCUT2D eigenvalue weighted by Crippen LogP contribution is -1.96. The van der Waals surface area contributed by atoms with E-state index in [1.807, 2.05) is 6.08 Å². The summed E-state index contributed by atoms with van der Waals surface area (Å²) in [5, 5.41) is 8.38. The molecule has 0 aromatic heterocycles. The van der Waals surface area contributed by atoms with E-state index in [0.717, 1.165) is 12.7 Å². The van der Waals surface area contributed by atoms with Gasteiger partial charge in [-0.15, -0.1) is 11.6 Å². The first-order chi connectivity index (χ1) is 6.59. The molecule has 0 aliphatic carbocycles. The van der Waals surface area contributed by atoms with Crippen LogP contribution in [-0.4, -0.2) is 23.2 Å². The fourth-order valence-electron chi connectivity index (χ4n) is 0.494. The summed E-state index contributed by atoms with van der Waals surface area (Å²) in [4.78, 5) is 19.0. The number of carbonyl (C=O) groups excluding carboxylic acids is 1. The SMILES string of the molecule is C=C(CC=CCCCl)C(=O)O.CC=O. The summed E-state index contributed by atoms with van der Waals surface area (Å²) >= 11 is 5.39. The summed E-state index contributed by atoms with van der Waals surface area (Å²) in [6.45, 7) is 4.81. The standard InChI is InChI=1S/C8H11ClO2.C2H4O/c1-7(8(10)11)5-3-2-4-6-9;1-2-3/h2-3H,1,4-6H2,(H,10,11);2H,1H3. The number of rotatable bonds is 5. The quantitative estimate of drug-likeness (QED) is 0.334. The molecular weight excluding hydrogens is 204 g/mol. The number of carboxylic acids is 1. The first-order valence-corrected chi connectivity index (χ1v) is 4.65. The van der Waals surface area contributed by atoms with Gasteiger partial charge in [-0.25, -0.2) is 4.79 Å². The predicted octanol–water partition coefficient (Wildman–Crippen LogP) is 2.41. The fourth-order valence-corrected chi connectivity index (χ4v) is 0.620. The van der Waals surface area contributed by atoms with Crippen LogP contribution in [0.4, 0.5) is 0 Å². The van der Waals surface area contributed by atoms with E-state index in [2.05, 4.69) is 6.58 Å². The molecule has 0 fully saturated rings. The summed E-state index contributed by atoms with van der Waals surface area (Å²) < 4.78 is 0. The molecule has 0 bridgehead atoms. The number of allylic oxidation sites excluding steroid dienone is 2. The van der Waals surface area contributed by atoms with Crippen molar-refractivity contribution in [2.24, 2.45) is 0 Å². The third-order valence-corrected chi connectivity index (χ3v) is 1.33. The molecule has 80 valence electrons. The second-order valence-corrected chi connectivity index (χ2v) is 2.68. The highest BCUT2D eigenvalue weighted by atomic mass is 35.5. The van der Waals surface area contributed by atoms with Crippen molar-refractivity contribution in [2.75, 3.05) is 5.88 Å². The molecule has 0 aromatic rings. The maximum atomic E-state index is 10.2. The highest BCUT2D eigenvalue weighted by molar-refractivity contribution is 6.17. The zero-order valence-corrected chi connectivity index (χ0v) is 8.96. The Morgan fingerprint density at radius 2 is 2.00 bits per heavy atom. The Kier molecular flexibility index (Phi) is 13.1. The third kappa shape index (κ3) is 13.5. The van der Waals surface area contributed by atoms with E-state index in [0.29, 0.717) is 12.3 Å². The van der Waals surface area contributed by atoms with Gasteiger partial charge in [0.05, 0.1) is 0 Å². The number of hydrogen-bond acceptors (Lipinski definition) is 2. The summed E-state index contributed by atoms with van der Waals surface area (Å²) in [7, 11) is 0. The van der Waals surface area contributed by atoms with Gasteiger partial charge in [0, 0.05) is 11.5 Å². The highest BCUT2D eigenvalue weighted by Gasteiger charge is 1.98. The molecule has 3 nitrogen and oxygen atoms in total. The molecule has 0 aromatic carbocycles. The summed E-state index contributed by atoms with van der Waals surface area (Å²) in [6, 6.07) is 0. The van der Waals surface area contributed by atoms with Crippen LogP contribution in [0.2, 0.25) is 0 Å². The molecule has 0 unspecified atom stereocenters. The van der Waals surface area contributed by atoms with Crippen molar-refractivity contribution in [3.05, 3.63) is 24.3 Å². The van der Waals surface area contributed by atoms with Crippen LogP contribution < -0.4 is 0 Å².